The Morgan fingerprint density at radius 1 is 1.19 bits per heavy atom. The third kappa shape index (κ3) is 5.17. The normalized spacial score (nSPS) is 25.2. The van der Waals surface area contributed by atoms with Crippen molar-refractivity contribution >= 4 is 15.9 Å². The minimum atomic E-state index is -3.67. The molecule has 1 aliphatic heterocycles. The van der Waals surface area contributed by atoms with Crippen LogP contribution >= 0.6 is 0 Å². The molecule has 2 bridgehead atoms. The highest BCUT2D eigenvalue weighted by Gasteiger charge is 2.52. The molecular weight excluding hydrogens is 414 g/mol. The second kappa shape index (κ2) is 9.10. The quantitative estimate of drug-likeness (QED) is 0.700. The molecule has 0 aromatic heterocycles. The number of Topliss-reactive ketones (excluding diaryl/α,β-unsaturated/α-hetero) is 1. The summed E-state index contributed by atoms with van der Waals surface area (Å²) < 4.78 is 25.9. The molecular formula is C24H31NO5S. The second-order valence-corrected chi connectivity index (χ2v) is 10.2. The third-order valence-electron chi connectivity index (χ3n) is 6.66. The van der Waals surface area contributed by atoms with Gasteiger partial charge in [0.25, 0.3) is 10.1 Å². The molecule has 1 saturated heterocycles. The van der Waals surface area contributed by atoms with Crippen LogP contribution in [0.5, 0.6) is 5.75 Å². The third-order valence-corrected chi connectivity index (χ3v) is 6.66. The molecule has 0 amide bonds. The number of carbonyl (C=O) groups is 1. The highest BCUT2D eigenvalue weighted by atomic mass is 32.2. The van der Waals surface area contributed by atoms with E-state index in [0.717, 1.165) is 25.9 Å². The highest BCUT2D eigenvalue weighted by Crippen LogP contribution is 2.53. The van der Waals surface area contributed by atoms with Gasteiger partial charge in [0.05, 0.1) is 6.26 Å². The first-order valence-corrected chi connectivity index (χ1v) is 12.4. The van der Waals surface area contributed by atoms with Crippen molar-refractivity contribution in [1.82, 2.24) is 4.90 Å². The zero-order valence-electron chi connectivity index (χ0n) is 18.3. The number of nitrogens with zero attached hydrogens (tertiary/aromatic N) is 1. The van der Waals surface area contributed by atoms with E-state index in [1.54, 1.807) is 6.92 Å². The lowest BCUT2D eigenvalue weighted by Crippen LogP contribution is -2.59. The van der Waals surface area contributed by atoms with Gasteiger partial charge in [0.15, 0.2) is 0 Å². The van der Waals surface area contributed by atoms with E-state index < -0.39 is 10.1 Å². The van der Waals surface area contributed by atoms with Crippen molar-refractivity contribution in [3.05, 3.63) is 65.2 Å². The van der Waals surface area contributed by atoms with E-state index in [1.807, 2.05) is 12.1 Å². The van der Waals surface area contributed by atoms with Gasteiger partial charge in [-0.1, -0.05) is 43.3 Å². The van der Waals surface area contributed by atoms with E-state index >= 15 is 0 Å². The van der Waals surface area contributed by atoms with Crippen molar-refractivity contribution in [3.8, 4) is 5.75 Å². The maximum Gasteiger partial charge on any atom is 0.261 e. The molecule has 1 heterocycles. The first-order chi connectivity index (χ1) is 14.5. The maximum absolute atomic E-state index is 11.5. The molecule has 1 fully saturated rings. The molecule has 1 aliphatic carbocycles. The molecule has 7 heteroatoms. The average Bonchev–Trinajstić information content (AvgIpc) is 2.68. The van der Waals surface area contributed by atoms with Crippen LogP contribution in [0.3, 0.4) is 0 Å². The Morgan fingerprint density at radius 2 is 1.84 bits per heavy atom. The number of ketones is 1. The number of phenols is 1. The Kier molecular flexibility index (Phi) is 6.88. The van der Waals surface area contributed by atoms with Gasteiger partial charge in [-0.15, -0.1) is 0 Å². The summed E-state index contributed by atoms with van der Waals surface area (Å²) in [6, 6.07) is 17.1. The number of likely N-dealkylation sites (tertiary alicyclic amines) is 1. The minimum Gasteiger partial charge on any atom is -0.508 e. The molecule has 0 spiro atoms. The molecule has 2 N–H and O–H groups in total. The number of rotatable bonds is 4. The Hall–Kier alpha value is -2.22. The molecule has 4 rings (SSSR count). The molecule has 2 aliphatic rings. The molecule has 6 nitrogen and oxygen atoms in total. The van der Waals surface area contributed by atoms with Crippen molar-refractivity contribution in [2.24, 2.45) is 5.92 Å². The molecule has 3 atom stereocenters. The van der Waals surface area contributed by atoms with Crippen molar-refractivity contribution in [1.29, 1.82) is 0 Å². The molecule has 2 aromatic carbocycles. The zero-order chi connectivity index (χ0) is 22.8. The van der Waals surface area contributed by atoms with Gasteiger partial charge in [0.2, 0.25) is 0 Å². The lowest BCUT2D eigenvalue weighted by molar-refractivity contribution is -0.117. The van der Waals surface area contributed by atoms with E-state index in [4.69, 9.17) is 4.55 Å². The van der Waals surface area contributed by atoms with Crippen LogP contribution in [0.4, 0.5) is 0 Å². The Morgan fingerprint density at radius 3 is 2.45 bits per heavy atom. The van der Waals surface area contributed by atoms with Crippen LogP contribution in [-0.4, -0.2) is 54.1 Å². The largest absolute Gasteiger partial charge is 0.508 e. The van der Waals surface area contributed by atoms with Gasteiger partial charge >= 0.3 is 0 Å². The van der Waals surface area contributed by atoms with Gasteiger partial charge in [-0.2, -0.15) is 8.42 Å². The number of aromatic hydroxyl groups is 1. The summed E-state index contributed by atoms with van der Waals surface area (Å²) in [7, 11) is -3.67. The van der Waals surface area contributed by atoms with Crippen LogP contribution in [0.2, 0.25) is 0 Å². The van der Waals surface area contributed by atoms with Crippen LogP contribution < -0.4 is 0 Å². The molecule has 0 saturated carbocycles. The van der Waals surface area contributed by atoms with Gasteiger partial charge in [-0.3, -0.25) is 14.2 Å². The maximum atomic E-state index is 11.5. The summed E-state index contributed by atoms with van der Waals surface area (Å²) in [5, 5.41) is 10.2. The number of benzene rings is 2. The Balaban J connectivity index is 0.000000491. The monoisotopic (exact) mass is 445 g/mol. The van der Waals surface area contributed by atoms with E-state index in [0.29, 0.717) is 30.4 Å². The minimum absolute atomic E-state index is 0.0645. The van der Waals surface area contributed by atoms with E-state index in [1.165, 1.54) is 16.7 Å². The number of carbonyl (C=O) groups excluding carboxylic acids is 1. The van der Waals surface area contributed by atoms with Crippen LogP contribution in [0.15, 0.2) is 48.5 Å². The first-order valence-electron chi connectivity index (χ1n) is 10.6. The lowest BCUT2D eigenvalue weighted by atomic mass is 9.55. The molecule has 168 valence electrons. The van der Waals surface area contributed by atoms with Crippen molar-refractivity contribution in [2.75, 3.05) is 19.3 Å². The average molecular weight is 446 g/mol. The van der Waals surface area contributed by atoms with Gasteiger partial charge in [0, 0.05) is 24.4 Å². The summed E-state index contributed by atoms with van der Waals surface area (Å²) in [6.07, 6.45) is 3.35. The predicted molar refractivity (Wildman–Crippen MR) is 121 cm³/mol. The van der Waals surface area contributed by atoms with Crippen LogP contribution in [0, 0.1) is 5.92 Å². The topological polar surface area (TPSA) is 94.9 Å². The zero-order valence-corrected chi connectivity index (χ0v) is 19.1. The Bertz CT molecular complexity index is 1030. The smallest absolute Gasteiger partial charge is 0.261 e. The first kappa shape index (κ1) is 23.4. The summed E-state index contributed by atoms with van der Waals surface area (Å²) in [5.74, 6) is 1.04. The number of hydrogen-bond acceptors (Lipinski definition) is 5. The molecule has 2 aromatic rings. The number of piperidine rings is 1. The van der Waals surface area contributed by atoms with Crippen molar-refractivity contribution < 1.29 is 22.9 Å². The fraction of sp³-hybridized carbons (Fsp3) is 0.458. The molecule has 0 radical (unpaired) electrons. The van der Waals surface area contributed by atoms with Crippen LogP contribution in [-0.2, 0) is 26.7 Å². The summed E-state index contributed by atoms with van der Waals surface area (Å²) in [5.41, 5.74) is 3.90. The van der Waals surface area contributed by atoms with E-state index in [2.05, 4.69) is 48.2 Å². The summed E-state index contributed by atoms with van der Waals surface area (Å²) >= 11 is 0. The lowest BCUT2D eigenvalue weighted by Gasteiger charge is -2.56. The molecule has 31 heavy (non-hydrogen) atoms. The fourth-order valence-electron chi connectivity index (χ4n) is 5.30. The standard InChI is InChI=1S/C23H27NO2.CH4O3S/c1-16(25)10-12-24-13-11-23(19-6-4-3-5-7-19)17(2)22(24)14-18-8-9-20(26)15-21(18)23;1-5(2,3)4/h3-9,15,17,22,26H,10-14H2,1-2H3;1H3,(H,2,3,4)/t17-,22?,23?;/m1./s1. The van der Waals surface area contributed by atoms with Crippen LogP contribution in [0.25, 0.3) is 0 Å². The number of fused-ring (bicyclic) bond motifs is 4. The van der Waals surface area contributed by atoms with E-state index in [-0.39, 0.29) is 11.2 Å². The Labute approximate surface area is 184 Å². The van der Waals surface area contributed by atoms with Crippen molar-refractivity contribution in [3.63, 3.8) is 0 Å². The SMILES string of the molecule is CC(=O)CCN1CCC2(c3ccccc3)c3cc(O)ccc3CC1[C@H]2C.CS(=O)(=O)O. The van der Waals surface area contributed by atoms with Crippen LogP contribution in [0.1, 0.15) is 43.4 Å². The summed E-state index contributed by atoms with van der Waals surface area (Å²) in [4.78, 5) is 14.0. The molecule has 2 unspecified atom stereocenters. The van der Waals surface area contributed by atoms with Gasteiger partial charge < -0.3 is 5.11 Å². The van der Waals surface area contributed by atoms with E-state index in [9.17, 15) is 18.3 Å². The number of hydrogen-bond donors (Lipinski definition) is 2. The van der Waals surface area contributed by atoms with Gasteiger partial charge in [0.1, 0.15) is 11.5 Å². The van der Waals surface area contributed by atoms with Crippen molar-refractivity contribution in [2.45, 2.75) is 44.6 Å². The number of phenolic OH excluding ortho intramolecular Hbond substituents is 1. The second-order valence-electron chi connectivity index (χ2n) is 8.71. The predicted octanol–water partition coefficient (Wildman–Crippen LogP) is 3.43. The van der Waals surface area contributed by atoms with Gasteiger partial charge in [-0.25, -0.2) is 0 Å². The van der Waals surface area contributed by atoms with Gasteiger partial charge in [-0.05, 0) is 61.1 Å². The fourth-order valence-corrected chi connectivity index (χ4v) is 5.30. The highest BCUT2D eigenvalue weighted by molar-refractivity contribution is 7.85. The summed E-state index contributed by atoms with van der Waals surface area (Å²) in [6.45, 7) is 5.88.